The first-order valence-electron chi connectivity index (χ1n) is 17.2. The monoisotopic (exact) mass is 633 g/mol. The fraction of sp³-hybridized carbons (Fsp3) is 0.125. The maximum absolute atomic E-state index is 2.52. The first-order chi connectivity index (χ1) is 23.8. The molecule has 1 heteroatoms. The van der Waals surface area contributed by atoms with Gasteiger partial charge in [-0.15, -0.1) is 0 Å². The molecule has 7 rings (SSSR count). The summed E-state index contributed by atoms with van der Waals surface area (Å²) in [4.78, 5) is 2.52. The van der Waals surface area contributed by atoms with E-state index in [9.17, 15) is 0 Å². The average Bonchev–Trinajstić information content (AvgIpc) is 3.12. The Balaban J connectivity index is 1.50. The molecule has 0 aliphatic heterocycles. The van der Waals surface area contributed by atoms with Gasteiger partial charge in [-0.2, -0.15) is 0 Å². The summed E-state index contributed by atoms with van der Waals surface area (Å²) >= 11 is 0. The van der Waals surface area contributed by atoms with E-state index < -0.39 is 0 Å². The lowest BCUT2D eigenvalue weighted by Crippen LogP contribution is -2.16. The van der Waals surface area contributed by atoms with E-state index in [1.165, 1.54) is 95.0 Å². The number of aryl methyl sites for hydroxylation is 4. The predicted octanol–water partition coefficient (Wildman–Crippen LogP) is 13.7. The third-order valence-electron chi connectivity index (χ3n) is 10.0. The molecule has 0 saturated heterocycles. The van der Waals surface area contributed by atoms with Crippen molar-refractivity contribution in [1.82, 2.24) is 0 Å². The minimum Gasteiger partial charge on any atom is -0.309 e. The van der Waals surface area contributed by atoms with Crippen LogP contribution in [0.1, 0.15) is 33.4 Å². The molecule has 1 nitrogen and oxygen atoms in total. The largest absolute Gasteiger partial charge is 0.309 e. The van der Waals surface area contributed by atoms with E-state index in [2.05, 4.69) is 198 Å². The van der Waals surface area contributed by atoms with Gasteiger partial charge < -0.3 is 4.90 Å². The lowest BCUT2D eigenvalue weighted by molar-refractivity contribution is 1.18. The number of rotatable bonds is 7. The Hall–Kier alpha value is -5.66. The Morgan fingerprint density at radius 3 is 1.57 bits per heavy atom. The molecule has 0 bridgehead atoms. The molecule has 7 aromatic carbocycles. The van der Waals surface area contributed by atoms with Gasteiger partial charge >= 0.3 is 0 Å². The van der Waals surface area contributed by atoms with E-state index in [4.69, 9.17) is 0 Å². The highest BCUT2D eigenvalue weighted by molar-refractivity contribution is 5.95. The molecule has 0 fully saturated rings. The SMILES string of the molecule is Cc1ccc(-c2ccccc2)cc1-c1cccc(N(c2ccc(-c3ccccc3)c(-c3ccccc3C)c2C)c2c(C)cccc2C)c1C. The molecule has 0 spiro atoms. The van der Waals surface area contributed by atoms with Gasteiger partial charge in [0.1, 0.15) is 0 Å². The van der Waals surface area contributed by atoms with E-state index in [1.807, 2.05) is 0 Å². The standard InChI is InChI=1S/C48H43N/c1-32-17-13-14-24-41(32)47-37(6)46(30-29-43(47)39-22-11-8-12-23-39)49(48-34(3)18-15-19-35(48)4)45-26-16-25-42(36(45)5)44-31-40(28-27-33(44)2)38-20-9-7-10-21-38/h7-31H,1-6H3. The zero-order valence-corrected chi connectivity index (χ0v) is 29.4. The minimum atomic E-state index is 1.19. The molecular weight excluding hydrogens is 591 g/mol. The molecule has 7 aromatic rings. The fourth-order valence-corrected chi connectivity index (χ4v) is 7.41. The van der Waals surface area contributed by atoms with E-state index in [0.717, 1.165) is 0 Å². The van der Waals surface area contributed by atoms with Crippen LogP contribution in [0, 0.1) is 41.5 Å². The maximum Gasteiger partial charge on any atom is 0.0520 e. The molecule has 0 N–H and O–H groups in total. The zero-order valence-electron chi connectivity index (χ0n) is 29.4. The number of benzene rings is 7. The van der Waals surface area contributed by atoms with Gasteiger partial charge in [0.25, 0.3) is 0 Å². The van der Waals surface area contributed by atoms with Gasteiger partial charge in [-0.3, -0.25) is 0 Å². The predicted molar refractivity (Wildman–Crippen MR) is 211 cm³/mol. The smallest absolute Gasteiger partial charge is 0.0520 e. The third-order valence-corrected chi connectivity index (χ3v) is 10.0. The lowest BCUT2D eigenvalue weighted by Gasteiger charge is -2.33. The molecule has 0 unspecified atom stereocenters. The Morgan fingerprint density at radius 2 is 0.878 bits per heavy atom. The number of hydrogen-bond acceptors (Lipinski definition) is 1. The normalized spacial score (nSPS) is 11.1. The minimum absolute atomic E-state index is 1.19. The van der Waals surface area contributed by atoms with Crippen LogP contribution in [-0.2, 0) is 0 Å². The number of anilines is 3. The van der Waals surface area contributed by atoms with Gasteiger partial charge in [0, 0.05) is 11.4 Å². The van der Waals surface area contributed by atoms with Crippen LogP contribution in [0.3, 0.4) is 0 Å². The molecule has 0 amide bonds. The summed E-state index contributed by atoms with van der Waals surface area (Å²) in [6.07, 6.45) is 0. The van der Waals surface area contributed by atoms with Gasteiger partial charge in [-0.1, -0.05) is 133 Å². The Labute approximate surface area is 292 Å². The van der Waals surface area contributed by atoms with Crippen molar-refractivity contribution in [1.29, 1.82) is 0 Å². The van der Waals surface area contributed by atoms with E-state index >= 15 is 0 Å². The van der Waals surface area contributed by atoms with Crippen LogP contribution in [0.5, 0.6) is 0 Å². The van der Waals surface area contributed by atoms with Crippen LogP contribution in [0.25, 0.3) is 44.5 Å². The topological polar surface area (TPSA) is 3.24 Å². The van der Waals surface area contributed by atoms with E-state index in [-0.39, 0.29) is 0 Å². The second-order valence-electron chi connectivity index (χ2n) is 13.2. The summed E-state index contributed by atoms with van der Waals surface area (Å²) in [7, 11) is 0. The third kappa shape index (κ3) is 5.98. The molecule has 49 heavy (non-hydrogen) atoms. The second kappa shape index (κ2) is 13.5. The molecule has 0 heterocycles. The van der Waals surface area contributed by atoms with Crippen LogP contribution in [0.2, 0.25) is 0 Å². The van der Waals surface area contributed by atoms with Crippen LogP contribution in [0.15, 0.2) is 152 Å². The molecule has 240 valence electrons. The number of para-hydroxylation sites is 1. The summed E-state index contributed by atoms with van der Waals surface area (Å²) in [5, 5.41) is 0. The highest BCUT2D eigenvalue weighted by Gasteiger charge is 2.25. The van der Waals surface area contributed by atoms with E-state index in [0.29, 0.717) is 0 Å². The number of hydrogen-bond donors (Lipinski definition) is 0. The molecular formula is C48H43N. The second-order valence-corrected chi connectivity index (χ2v) is 13.2. The average molecular weight is 634 g/mol. The van der Waals surface area contributed by atoms with Crippen molar-refractivity contribution < 1.29 is 0 Å². The highest BCUT2D eigenvalue weighted by Crippen LogP contribution is 2.48. The van der Waals surface area contributed by atoms with Gasteiger partial charge in [0.2, 0.25) is 0 Å². The maximum atomic E-state index is 2.52. The van der Waals surface area contributed by atoms with Crippen molar-refractivity contribution in [3.05, 3.63) is 185 Å². The summed E-state index contributed by atoms with van der Waals surface area (Å²) < 4.78 is 0. The van der Waals surface area contributed by atoms with Crippen LogP contribution >= 0.6 is 0 Å². The van der Waals surface area contributed by atoms with Gasteiger partial charge in [0.05, 0.1) is 5.69 Å². The Bertz CT molecular complexity index is 2260. The summed E-state index contributed by atoms with van der Waals surface area (Å²) in [6.45, 7) is 13.5. The highest BCUT2D eigenvalue weighted by atomic mass is 15.2. The van der Waals surface area contributed by atoms with Crippen molar-refractivity contribution >= 4 is 17.1 Å². The van der Waals surface area contributed by atoms with Gasteiger partial charge in [0.15, 0.2) is 0 Å². The van der Waals surface area contributed by atoms with Crippen molar-refractivity contribution in [2.45, 2.75) is 41.5 Å². The van der Waals surface area contributed by atoms with Crippen LogP contribution in [0.4, 0.5) is 17.1 Å². The van der Waals surface area contributed by atoms with Crippen LogP contribution < -0.4 is 4.90 Å². The first kappa shape index (κ1) is 31.9. The summed E-state index contributed by atoms with van der Waals surface area (Å²) in [6, 6.07) is 55.2. The Morgan fingerprint density at radius 1 is 0.327 bits per heavy atom. The van der Waals surface area contributed by atoms with Gasteiger partial charge in [-0.25, -0.2) is 0 Å². The molecule has 0 atom stereocenters. The molecule has 0 aliphatic rings. The van der Waals surface area contributed by atoms with Crippen molar-refractivity contribution in [3.63, 3.8) is 0 Å². The summed E-state index contributed by atoms with van der Waals surface area (Å²) in [5.74, 6) is 0. The molecule has 0 aliphatic carbocycles. The van der Waals surface area contributed by atoms with Crippen molar-refractivity contribution in [2.24, 2.45) is 0 Å². The van der Waals surface area contributed by atoms with Gasteiger partial charge in [-0.05, 0) is 138 Å². The molecule has 0 saturated carbocycles. The Kier molecular flexibility index (Phi) is 8.76. The molecule has 0 radical (unpaired) electrons. The fourth-order valence-electron chi connectivity index (χ4n) is 7.41. The lowest BCUT2D eigenvalue weighted by atomic mass is 9.87. The quantitative estimate of drug-likeness (QED) is 0.169. The summed E-state index contributed by atoms with van der Waals surface area (Å²) in [5.41, 5.74) is 21.1. The first-order valence-corrected chi connectivity index (χ1v) is 17.2. The van der Waals surface area contributed by atoms with Crippen molar-refractivity contribution in [2.75, 3.05) is 4.90 Å². The van der Waals surface area contributed by atoms with Crippen molar-refractivity contribution in [3.8, 4) is 44.5 Å². The molecule has 0 aromatic heterocycles. The van der Waals surface area contributed by atoms with Crippen LogP contribution in [-0.4, -0.2) is 0 Å². The zero-order chi connectivity index (χ0) is 34.1. The van der Waals surface area contributed by atoms with E-state index in [1.54, 1.807) is 0 Å². The number of nitrogens with zero attached hydrogens (tertiary/aromatic N) is 1.